The highest BCUT2D eigenvalue weighted by Crippen LogP contribution is 2.35. The Labute approximate surface area is 155 Å². The Morgan fingerprint density at radius 1 is 1.08 bits per heavy atom. The van der Waals surface area contributed by atoms with Gasteiger partial charge in [0.1, 0.15) is 23.9 Å². The lowest BCUT2D eigenvalue weighted by molar-refractivity contribution is 0.101. The van der Waals surface area contributed by atoms with Crippen LogP contribution in [0.1, 0.15) is 20.8 Å². The van der Waals surface area contributed by atoms with Gasteiger partial charge in [0.2, 0.25) is 5.78 Å². The number of hydrogen-bond acceptors (Lipinski definition) is 5. The van der Waals surface area contributed by atoms with Crippen molar-refractivity contribution in [1.82, 2.24) is 0 Å². The molecular weight excluding hydrogens is 348 g/mol. The molecule has 4 rings (SSSR count). The summed E-state index contributed by atoms with van der Waals surface area (Å²) in [6.45, 7) is 0.405. The highest BCUT2D eigenvalue weighted by atomic mass is 32.1. The maximum atomic E-state index is 12.4. The SMILES string of the molecule is COc1cccc(COc2ccc3c(c2)O/C(=C\c2cccs2)C3=O)c1. The average molecular weight is 364 g/mol. The van der Waals surface area contributed by atoms with Crippen LogP contribution < -0.4 is 14.2 Å². The van der Waals surface area contributed by atoms with Gasteiger partial charge in [0.15, 0.2) is 5.76 Å². The molecule has 0 fully saturated rings. The van der Waals surface area contributed by atoms with Gasteiger partial charge in [0.05, 0.1) is 12.7 Å². The van der Waals surface area contributed by atoms with Crippen LogP contribution in [0, 0.1) is 0 Å². The number of ketones is 1. The van der Waals surface area contributed by atoms with Crippen LogP contribution in [0.2, 0.25) is 0 Å². The number of thiophene rings is 1. The highest BCUT2D eigenvalue weighted by Gasteiger charge is 2.27. The van der Waals surface area contributed by atoms with Gasteiger partial charge in [-0.1, -0.05) is 18.2 Å². The molecule has 4 nitrogen and oxygen atoms in total. The lowest BCUT2D eigenvalue weighted by atomic mass is 10.1. The summed E-state index contributed by atoms with van der Waals surface area (Å²) in [5.41, 5.74) is 1.56. The van der Waals surface area contributed by atoms with E-state index in [4.69, 9.17) is 14.2 Å². The molecule has 2 aromatic carbocycles. The van der Waals surface area contributed by atoms with Crippen molar-refractivity contribution in [3.8, 4) is 17.2 Å². The summed E-state index contributed by atoms with van der Waals surface area (Å²) in [6, 6.07) is 16.9. The average Bonchev–Trinajstić information content (AvgIpc) is 3.29. The van der Waals surface area contributed by atoms with Gasteiger partial charge in [-0.05, 0) is 41.3 Å². The van der Waals surface area contributed by atoms with Gasteiger partial charge in [-0.25, -0.2) is 0 Å². The fraction of sp³-hybridized carbons (Fsp3) is 0.0952. The van der Waals surface area contributed by atoms with Crippen molar-refractivity contribution in [2.75, 3.05) is 7.11 Å². The smallest absolute Gasteiger partial charge is 0.232 e. The van der Waals surface area contributed by atoms with E-state index in [1.807, 2.05) is 41.8 Å². The third kappa shape index (κ3) is 3.34. The molecule has 0 saturated heterocycles. The minimum atomic E-state index is -0.104. The summed E-state index contributed by atoms with van der Waals surface area (Å²) in [5.74, 6) is 2.20. The Hall–Kier alpha value is -3.05. The molecule has 130 valence electrons. The summed E-state index contributed by atoms with van der Waals surface area (Å²) in [5, 5.41) is 1.96. The van der Waals surface area contributed by atoms with Crippen LogP contribution in [-0.4, -0.2) is 12.9 Å². The second-order valence-corrected chi connectivity index (χ2v) is 6.73. The topological polar surface area (TPSA) is 44.8 Å². The highest BCUT2D eigenvalue weighted by molar-refractivity contribution is 7.10. The van der Waals surface area contributed by atoms with Crippen molar-refractivity contribution in [1.29, 1.82) is 0 Å². The Bertz CT molecular complexity index is 973. The molecule has 2 heterocycles. The summed E-state index contributed by atoms with van der Waals surface area (Å²) >= 11 is 1.56. The van der Waals surface area contributed by atoms with E-state index in [2.05, 4.69) is 0 Å². The number of fused-ring (bicyclic) bond motifs is 1. The fourth-order valence-electron chi connectivity index (χ4n) is 2.69. The Morgan fingerprint density at radius 2 is 2.00 bits per heavy atom. The lowest BCUT2D eigenvalue weighted by Gasteiger charge is -2.08. The van der Waals surface area contributed by atoms with Crippen molar-refractivity contribution in [2.45, 2.75) is 6.61 Å². The minimum absolute atomic E-state index is 0.104. The number of methoxy groups -OCH3 is 1. The van der Waals surface area contributed by atoms with Crippen LogP contribution in [0.3, 0.4) is 0 Å². The molecule has 0 aliphatic carbocycles. The number of hydrogen-bond donors (Lipinski definition) is 0. The van der Waals surface area contributed by atoms with Gasteiger partial charge in [0.25, 0.3) is 0 Å². The molecule has 1 aliphatic rings. The van der Waals surface area contributed by atoms with Crippen molar-refractivity contribution < 1.29 is 19.0 Å². The van der Waals surface area contributed by atoms with E-state index in [1.165, 1.54) is 0 Å². The number of rotatable bonds is 5. The Balaban J connectivity index is 1.49. The summed E-state index contributed by atoms with van der Waals surface area (Å²) in [7, 11) is 1.64. The van der Waals surface area contributed by atoms with E-state index in [0.717, 1.165) is 16.2 Å². The van der Waals surface area contributed by atoms with Gasteiger partial charge in [-0.2, -0.15) is 0 Å². The van der Waals surface area contributed by atoms with E-state index in [-0.39, 0.29) is 5.78 Å². The largest absolute Gasteiger partial charge is 0.497 e. The third-order valence-corrected chi connectivity index (χ3v) is 4.82. The zero-order valence-corrected chi connectivity index (χ0v) is 14.9. The van der Waals surface area contributed by atoms with E-state index >= 15 is 0 Å². The van der Waals surface area contributed by atoms with Crippen molar-refractivity contribution in [3.63, 3.8) is 0 Å². The molecule has 26 heavy (non-hydrogen) atoms. The number of allylic oxidation sites excluding steroid dienone is 1. The molecule has 0 unspecified atom stereocenters. The summed E-state index contributed by atoms with van der Waals surface area (Å²) in [4.78, 5) is 13.4. The quantitative estimate of drug-likeness (QED) is 0.601. The number of carbonyl (C=O) groups is 1. The first kappa shape index (κ1) is 16.4. The van der Waals surface area contributed by atoms with Crippen molar-refractivity contribution >= 4 is 23.2 Å². The molecule has 0 radical (unpaired) electrons. The first-order valence-corrected chi connectivity index (χ1v) is 8.98. The van der Waals surface area contributed by atoms with E-state index in [1.54, 1.807) is 42.7 Å². The predicted molar refractivity (Wildman–Crippen MR) is 101 cm³/mol. The third-order valence-electron chi connectivity index (χ3n) is 4.00. The van der Waals surface area contributed by atoms with Gasteiger partial charge in [-0.3, -0.25) is 4.79 Å². The number of ether oxygens (including phenoxy) is 3. The minimum Gasteiger partial charge on any atom is -0.497 e. The molecule has 0 bridgehead atoms. The second-order valence-electron chi connectivity index (χ2n) is 5.75. The van der Waals surface area contributed by atoms with E-state index in [9.17, 15) is 4.79 Å². The number of carbonyl (C=O) groups excluding carboxylic acids is 1. The molecule has 0 atom stereocenters. The van der Waals surface area contributed by atoms with Crippen molar-refractivity contribution in [3.05, 3.63) is 81.7 Å². The number of benzene rings is 2. The zero-order chi connectivity index (χ0) is 17.9. The molecule has 1 aliphatic heterocycles. The summed E-state index contributed by atoms with van der Waals surface area (Å²) in [6.07, 6.45) is 1.77. The van der Waals surface area contributed by atoms with Crippen LogP contribution in [0.4, 0.5) is 0 Å². The zero-order valence-electron chi connectivity index (χ0n) is 14.1. The molecule has 0 saturated carbocycles. The molecule has 0 spiro atoms. The maximum absolute atomic E-state index is 12.4. The fourth-order valence-corrected chi connectivity index (χ4v) is 3.34. The second kappa shape index (κ2) is 7.06. The van der Waals surface area contributed by atoms with Gasteiger partial charge in [-0.15, -0.1) is 11.3 Å². The standard InChI is InChI=1S/C21H16O4S/c1-23-15-5-2-4-14(10-15)13-24-16-7-8-18-19(11-16)25-20(21(18)22)12-17-6-3-9-26-17/h2-12H,13H2,1H3/b20-12-. The first-order chi connectivity index (χ1) is 12.7. The molecule has 0 N–H and O–H groups in total. The van der Waals surface area contributed by atoms with Crippen molar-refractivity contribution in [2.24, 2.45) is 0 Å². The van der Waals surface area contributed by atoms with E-state index < -0.39 is 0 Å². The molecule has 3 aromatic rings. The Morgan fingerprint density at radius 3 is 2.81 bits per heavy atom. The van der Waals surface area contributed by atoms with Crippen LogP contribution in [0.5, 0.6) is 17.2 Å². The molecule has 5 heteroatoms. The van der Waals surface area contributed by atoms with Crippen LogP contribution >= 0.6 is 11.3 Å². The first-order valence-electron chi connectivity index (χ1n) is 8.10. The number of Topliss-reactive ketones (excluding diaryl/α,β-unsaturated/α-hetero) is 1. The monoisotopic (exact) mass is 364 g/mol. The molecular formula is C21H16O4S. The van der Waals surface area contributed by atoms with Gasteiger partial charge in [0, 0.05) is 17.0 Å². The Kier molecular flexibility index (Phi) is 4.46. The molecule has 0 amide bonds. The van der Waals surface area contributed by atoms with Gasteiger partial charge < -0.3 is 14.2 Å². The lowest BCUT2D eigenvalue weighted by Crippen LogP contribution is -1.97. The van der Waals surface area contributed by atoms with Gasteiger partial charge >= 0.3 is 0 Å². The van der Waals surface area contributed by atoms with E-state index in [0.29, 0.717) is 29.4 Å². The van der Waals surface area contributed by atoms with Crippen LogP contribution in [0.15, 0.2) is 65.7 Å². The summed E-state index contributed by atoms with van der Waals surface area (Å²) < 4.78 is 16.8. The van der Waals surface area contributed by atoms with Crippen LogP contribution in [-0.2, 0) is 6.61 Å². The molecule has 1 aromatic heterocycles. The van der Waals surface area contributed by atoms with Crippen LogP contribution in [0.25, 0.3) is 6.08 Å². The maximum Gasteiger partial charge on any atom is 0.232 e. The predicted octanol–water partition coefficient (Wildman–Crippen LogP) is 4.95. The normalized spacial score (nSPS) is 14.2.